The van der Waals surface area contributed by atoms with E-state index in [0.717, 1.165) is 37.9 Å². The van der Waals surface area contributed by atoms with E-state index >= 15 is 0 Å². The number of aryl methyl sites for hydroxylation is 1. The van der Waals surface area contributed by atoms with E-state index in [4.69, 9.17) is 4.74 Å². The summed E-state index contributed by atoms with van der Waals surface area (Å²) in [6.07, 6.45) is 4.79. The molecule has 0 saturated heterocycles. The molecule has 114 valence electrons. The van der Waals surface area contributed by atoms with Gasteiger partial charge in [-0.2, -0.15) is 0 Å². The molecule has 1 saturated carbocycles. The first-order valence-electron chi connectivity index (χ1n) is 7.82. The Labute approximate surface area is 126 Å². The van der Waals surface area contributed by atoms with Gasteiger partial charge in [-0.05, 0) is 67.2 Å². The summed E-state index contributed by atoms with van der Waals surface area (Å²) in [6.45, 7) is 4.21. The Balaban J connectivity index is 2.12. The molecule has 3 nitrogen and oxygen atoms in total. The van der Waals surface area contributed by atoms with Gasteiger partial charge in [0.25, 0.3) is 0 Å². The minimum absolute atomic E-state index is 0.0481. The summed E-state index contributed by atoms with van der Waals surface area (Å²) in [4.78, 5) is 11.9. The van der Waals surface area contributed by atoms with Crippen molar-refractivity contribution in [2.75, 3.05) is 7.11 Å². The average Bonchev–Trinajstić information content (AvgIpc) is 2.46. The van der Waals surface area contributed by atoms with Gasteiger partial charge in [-0.3, -0.25) is 4.79 Å². The fourth-order valence-corrected chi connectivity index (χ4v) is 4.82. The van der Waals surface area contributed by atoms with Crippen LogP contribution in [0.3, 0.4) is 0 Å². The number of hydrogen-bond acceptors (Lipinski definition) is 2. The van der Waals surface area contributed by atoms with E-state index < -0.39 is 11.4 Å². The molecule has 2 aliphatic carbocycles. The predicted octanol–water partition coefficient (Wildman–Crippen LogP) is 3.79. The molecule has 0 aliphatic heterocycles. The lowest BCUT2D eigenvalue weighted by molar-refractivity contribution is -0.157. The largest absolute Gasteiger partial charge is 0.497 e. The number of carboxylic acid groups (broad SMARTS) is 1. The topological polar surface area (TPSA) is 46.5 Å². The average molecular weight is 288 g/mol. The molecule has 21 heavy (non-hydrogen) atoms. The lowest BCUT2D eigenvalue weighted by Gasteiger charge is -2.53. The van der Waals surface area contributed by atoms with Crippen molar-refractivity contribution >= 4 is 5.97 Å². The standard InChI is InChI=1S/C18H24O3/c1-17-9-4-10-18(2,16(19)20)15(17)8-6-12-5-7-13(21-3)11-14(12)17/h5,7,11,15H,4,6,8-10H2,1-3H3,(H,19,20)/t15-,17-,18+/m1/s1. The van der Waals surface area contributed by atoms with Crippen molar-refractivity contribution in [1.29, 1.82) is 0 Å². The number of aliphatic carboxylic acids is 1. The number of carbonyl (C=O) groups is 1. The number of fused-ring (bicyclic) bond motifs is 3. The molecule has 0 radical (unpaired) electrons. The van der Waals surface area contributed by atoms with Crippen molar-refractivity contribution in [1.82, 2.24) is 0 Å². The summed E-state index contributed by atoms with van der Waals surface area (Å²) in [6, 6.07) is 6.30. The quantitative estimate of drug-likeness (QED) is 0.900. The third kappa shape index (κ3) is 1.97. The Morgan fingerprint density at radius 1 is 1.33 bits per heavy atom. The van der Waals surface area contributed by atoms with E-state index in [1.54, 1.807) is 7.11 Å². The summed E-state index contributed by atoms with van der Waals surface area (Å²) in [5.41, 5.74) is 2.02. The van der Waals surface area contributed by atoms with E-state index in [1.165, 1.54) is 11.1 Å². The zero-order chi connectivity index (χ0) is 15.3. The zero-order valence-corrected chi connectivity index (χ0v) is 13.1. The summed E-state index contributed by atoms with van der Waals surface area (Å²) < 4.78 is 5.39. The van der Waals surface area contributed by atoms with E-state index in [2.05, 4.69) is 19.1 Å². The Bertz CT molecular complexity index is 580. The number of methoxy groups -OCH3 is 1. The molecular weight excluding hydrogens is 264 g/mol. The highest BCUT2D eigenvalue weighted by atomic mass is 16.5. The van der Waals surface area contributed by atoms with Crippen LogP contribution in [0.15, 0.2) is 18.2 Å². The van der Waals surface area contributed by atoms with Gasteiger partial charge in [-0.25, -0.2) is 0 Å². The highest BCUT2D eigenvalue weighted by Crippen LogP contribution is 2.57. The van der Waals surface area contributed by atoms with Crippen LogP contribution in [-0.4, -0.2) is 18.2 Å². The number of ether oxygens (including phenoxy) is 1. The van der Waals surface area contributed by atoms with E-state index in [1.807, 2.05) is 13.0 Å². The fourth-order valence-electron chi connectivity index (χ4n) is 4.82. The van der Waals surface area contributed by atoms with E-state index in [9.17, 15) is 9.90 Å². The Kier molecular flexibility index (Phi) is 3.27. The monoisotopic (exact) mass is 288 g/mol. The molecule has 3 rings (SSSR count). The smallest absolute Gasteiger partial charge is 0.309 e. The van der Waals surface area contributed by atoms with Gasteiger partial charge in [0, 0.05) is 0 Å². The summed E-state index contributed by atoms with van der Waals surface area (Å²) >= 11 is 0. The number of hydrogen-bond donors (Lipinski definition) is 1. The summed E-state index contributed by atoms with van der Waals surface area (Å²) in [5, 5.41) is 9.77. The maximum Gasteiger partial charge on any atom is 0.309 e. The van der Waals surface area contributed by atoms with Gasteiger partial charge >= 0.3 is 5.97 Å². The molecule has 3 atom stereocenters. The molecule has 0 unspecified atom stereocenters. The molecule has 0 spiro atoms. The minimum Gasteiger partial charge on any atom is -0.497 e. The van der Waals surface area contributed by atoms with Gasteiger partial charge in [0.05, 0.1) is 12.5 Å². The maximum atomic E-state index is 11.9. The van der Waals surface area contributed by atoms with Crippen LogP contribution in [0, 0.1) is 11.3 Å². The summed E-state index contributed by atoms with van der Waals surface area (Å²) in [7, 11) is 1.69. The van der Waals surface area contributed by atoms with Gasteiger partial charge in [-0.1, -0.05) is 19.4 Å². The lowest BCUT2D eigenvalue weighted by Crippen LogP contribution is -2.52. The molecule has 1 aromatic rings. The fraction of sp³-hybridized carbons (Fsp3) is 0.611. The first kappa shape index (κ1) is 14.4. The van der Waals surface area contributed by atoms with Gasteiger partial charge in [0.1, 0.15) is 5.75 Å². The van der Waals surface area contributed by atoms with Crippen molar-refractivity contribution in [3.8, 4) is 5.75 Å². The van der Waals surface area contributed by atoms with Crippen LogP contribution in [0.25, 0.3) is 0 Å². The second-order valence-corrected chi connectivity index (χ2v) is 7.11. The van der Waals surface area contributed by atoms with Gasteiger partial charge in [0.15, 0.2) is 0 Å². The van der Waals surface area contributed by atoms with Gasteiger partial charge in [-0.15, -0.1) is 0 Å². The molecular formula is C18H24O3. The molecule has 0 aromatic heterocycles. The predicted molar refractivity (Wildman–Crippen MR) is 81.8 cm³/mol. The third-order valence-electron chi connectivity index (χ3n) is 6.05. The van der Waals surface area contributed by atoms with Crippen molar-refractivity contribution in [3.63, 3.8) is 0 Å². The zero-order valence-electron chi connectivity index (χ0n) is 13.1. The molecule has 0 heterocycles. The van der Waals surface area contributed by atoms with Crippen LogP contribution in [0.2, 0.25) is 0 Å². The molecule has 2 aliphatic rings. The molecule has 1 fully saturated rings. The van der Waals surface area contributed by atoms with Crippen LogP contribution in [-0.2, 0) is 16.6 Å². The molecule has 1 aromatic carbocycles. The highest BCUT2D eigenvalue weighted by molar-refractivity contribution is 5.75. The maximum absolute atomic E-state index is 11.9. The van der Waals surface area contributed by atoms with Crippen LogP contribution >= 0.6 is 0 Å². The first-order valence-corrected chi connectivity index (χ1v) is 7.82. The van der Waals surface area contributed by atoms with Crippen molar-refractivity contribution in [2.45, 2.75) is 51.4 Å². The van der Waals surface area contributed by atoms with Crippen LogP contribution in [0.1, 0.15) is 50.7 Å². The number of carboxylic acids is 1. The Morgan fingerprint density at radius 2 is 2.10 bits per heavy atom. The normalized spacial score (nSPS) is 34.7. The van der Waals surface area contributed by atoms with Crippen molar-refractivity contribution in [2.24, 2.45) is 11.3 Å². The lowest BCUT2D eigenvalue weighted by atomic mass is 9.50. The van der Waals surface area contributed by atoms with E-state index in [-0.39, 0.29) is 11.3 Å². The Morgan fingerprint density at radius 3 is 2.76 bits per heavy atom. The molecule has 1 N–H and O–H groups in total. The van der Waals surface area contributed by atoms with Crippen LogP contribution < -0.4 is 4.74 Å². The van der Waals surface area contributed by atoms with Gasteiger partial charge < -0.3 is 9.84 Å². The summed E-state index contributed by atoms with van der Waals surface area (Å²) in [5.74, 6) is 0.443. The number of rotatable bonds is 2. The highest BCUT2D eigenvalue weighted by Gasteiger charge is 2.55. The van der Waals surface area contributed by atoms with Crippen molar-refractivity contribution in [3.05, 3.63) is 29.3 Å². The molecule has 0 amide bonds. The van der Waals surface area contributed by atoms with Crippen molar-refractivity contribution < 1.29 is 14.6 Å². The van der Waals surface area contributed by atoms with Crippen LogP contribution in [0.5, 0.6) is 5.75 Å². The molecule has 3 heteroatoms. The Hall–Kier alpha value is -1.51. The second-order valence-electron chi connectivity index (χ2n) is 7.11. The van der Waals surface area contributed by atoms with E-state index in [0.29, 0.717) is 0 Å². The number of benzene rings is 1. The first-order chi connectivity index (χ1) is 9.91. The molecule has 0 bridgehead atoms. The second kappa shape index (κ2) is 4.75. The SMILES string of the molecule is COc1ccc2c(c1)[C@@]1(C)CCC[C@](C)(C(=O)O)[C@@H]1CC2. The minimum atomic E-state index is -0.634. The van der Waals surface area contributed by atoms with Gasteiger partial charge in [0.2, 0.25) is 0 Å². The van der Waals surface area contributed by atoms with Crippen LogP contribution in [0.4, 0.5) is 0 Å². The third-order valence-corrected chi connectivity index (χ3v) is 6.05.